The maximum atomic E-state index is 15.2. The van der Waals surface area contributed by atoms with Crippen molar-refractivity contribution < 1.29 is 41.5 Å². The summed E-state index contributed by atoms with van der Waals surface area (Å²) in [5.41, 5.74) is -1.21. The SMILES string of the molecule is O=C(C=Cc1ccccc1)N(F)[C@](F)(C(=O)O)C(F)(F)c1ccc(OCc2c(Cl)cccc2Cl)cc1F. The van der Waals surface area contributed by atoms with Gasteiger partial charge in [-0.2, -0.15) is 13.2 Å². The highest BCUT2D eigenvalue weighted by Crippen LogP contribution is 2.46. The first-order valence-electron chi connectivity index (χ1n) is 10.3. The maximum Gasteiger partial charge on any atom is 0.376 e. The summed E-state index contributed by atoms with van der Waals surface area (Å²) < 4.78 is 79.8. The second-order valence-corrected chi connectivity index (χ2v) is 8.31. The third kappa shape index (κ3) is 5.70. The first-order chi connectivity index (χ1) is 17.4. The Labute approximate surface area is 217 Å². The number of carbonyl (C=O) groups is 2. The summed E-state index contributed by atoms with van der Waals surface area (Å²) in [6, 6.07) is 13.7. The van der Waals surface area contributed by atoms with Crippen LogP contribution in [0, 0.1) is 5.82 Å². The third-order valence-corrected chi connectivity index (χ3v) is 5.81. The molecule has 12 heteroatoms. The lowest BCUT2D eigenvalue weighted by Crippen LogP contribution is -2.60. The molecule has 0 aliphatic carbocycles. The van der Waals surface area contributed by atoms with E-state index in [0.717, 1.165) is 12.1 Å². The van der Waals surface area contributed by atoms with E-state index in [9.17, 15) is 18.5 Å². The zero-order chi connectivity index (χ0) is 27.4. The zero-order valence-electron chi connectivity index (χ0n) is 18.5. The van der Waals surface area contributed by atoms with Crippen LogP contribution in [0.3, 0.4) is 0 Å². The van der Waals surface area contributed by atoms with Gasteiger partial charge >= 0.3 is 17.7 Å². The lowest BCUT2D eigenvalue weighted by atomic mass is 9.97. The molecular formula is C25H16Cl2F5NO4. The van der Waals surface area contributed by atoms with Crippen LogP contribution >= 0.6 is 23.2 Å². The number of alkyl halides is 3. The van der Waals surface area contributed by atoms with Crippen molar-refractivity contribution in [1.29, 1.82) is 0 Å². The molecule has 0 saturated carbocycles. The lowest BCUT2D eigenvalue weighted by Gasteiger charge is -2.33. The summed E-state index contributed by atoms with van der Waals surface area (Å²) in [7, 11) is 0. The first-order valence-corrected chi connectivity index (χ1v) is 11.0. The van der Waals surface area contributed by atoms with Crippen LogP contribution in [0.2, 0.25) is 10.0 Å². The number of carboxylic acids is 1. The van der Waals surface area contributed by atoms with Crippen molar-refractivity contribution in [3.05, 3.63) is 105 Å². The molecule has 3 aromatic rings. The van der Waals surface area contributed by atoms with E-state index in [4.69, 9.17) is 33.0 Å². The van der Waals surface area contributed by atoms with Gasteiger partial charge in [0.2, 0.25) is 0 Å². The molecule has 194 valence electrons. The molecule has 5 nitrogen and oxygen atoms in total. The average Bonchev–Trinajstić information content (AvgIpc) is 2.86. The highest BCUT2D eigenvalue weighted by Gasteiger charge is 2.69. The summed E-state index contributed by atoms with van der Waals surface area (Å²) in [5, 5.41) is 7.80. The maximum absolute atomic E-state index is 15.2. The molecule has 1 N–H and O–H groups in total. The van der Waals surface area contributed by atoms with Crippen molar-refractivity contribution >= 4 is 41.2 Å². The van der Waals surface area contributed by atoms with E-state index in [2.05, 4.69) is 0 Å². The van der Waals surface area contributed by atoms with Gasteiger partial charge in [0.05, 0.1) is 5.56 Å². The normalized spacial score (nSPS) is 13.3. The molecule has 0 unspecified atom stereocenters. The van der Waals surface area contributed by atoms with E-state index in [1.54, 1.807) is 24.3 Å². The molecule has 0 saturated heterocycles. The highest BCUT2D eigenvalue weighted by molar-refractivity contribution is 6.35. The molecule has 0 radical (unpaired) electrons. The Bertz CT molecular complexity index is 1320. The predicted octanol–water partition coefficient (Wildman–Crippen LogP) is 6.98. The Morgan fingerprint density at radius 3 is 2.16 bits per heavy atom. The van der Waals surface area contributed by atoms with Crippen LogP contribution in [0.25, 0.3) is 6.08 Å². The zero-order valence-corrected chi connectivity index (χ0v) is 20.0. The molecule has 37 heavy (non-hydrogen) atoms. The topological polar surface area (TPSA) is 66.8 Å². The molecule has 0 aliphatic rings. The van der Waals surface area contributed by atoms with Crippen molar-refractivity contribution in [2.45, 2.75) is 18.3 Å². The Morgan fingerprint density at radius 1 is 0.973 bits per heavy atom. The van der Waals surface area contributed by atoms with Gasteiger partial charge in [0.1, 0.15) is 18.2 Å². The van der Waals surface area contributed by atoms with Gasteiger partial charge in [0.15, 0.2) is 0 Å². The Hall–Kier alpha value is -3.63. The number of hydrogen-bond donors (Lipinski definition) is 1. The van der Waals surface area contributed by atoms with Crippen molar-refractivity contribution in [2.75, 3.05) is 0 Å². The van der Waals surface area contributed by atoms with E-state index < -0.39 is 40.1 Å². The largest absolute Gasteiger partial charge is 0.489 e. The number of ether oxygens (including phenoxy) is 1. The van der Waals surface area contributed by atoms with Crippen molar-refractivity contribution in [1.82, 2.24) is 5.12 Å². The summed E-state index contributed by atoms with van der Waals surface area (Å²) >= 11 is 12.0. The van der Waals surface area contributed by atoms with Gasteiger partial charge in [0.25, 0.3) is 5.91 Å². The molecule has 3 rings (SSSR count). The predicted molar refractivity (Wildman–Crippen MR) is 126 cm³/mol. The molecule has 0 aliphatic heterocycles. The molecule has 0 spiro atoms. The number of rotatable bonds is 9. The molecule has 1 amide bonds. The third-order valence-electron chi connectivity index (χ3n) is 5.11. The van der Waals surface area contributed by atoms with E-state index in [1.165, 1.54) is 24.3 Å². The van der Waals surface area contributed by atoms with Gasteiger partial charge in [-0.1, -0.05) is 64.1 Å². The van der Waals surface area contributed by atoms with Gasteiger partial charge in [-0.15, -0.1) is 5.12 Å². The summed E-state index contributed by atoms with van der Waals surface area (Å²) in [6.45, 7) is -0.295. The number of nitrogens with zero attached hydrogens (tertiary/aromatic N) is 1. The summed E-state index contributed by atoms with van der Waals surface area (Å²) in [5.74, 6) is -17.9. The number of benzene rings is 3. The van der Waals surface area contributed by atoms with Crippen LogP contribution in [0.15, 0.2) is 72.8 Å². The van der Waals surface area contributed by atoms with Crippen LogP contribution in [-0.4, -0.2) is 27.9 Å². The van der Waals surface area contributed by atoms with E-state index in [1.807, 2.05) is 0 Å². The van der Waals surface area contributed by atoms with E-state index >= 15 is 13.2 Å². The Morgan fingerprint density at radius 2 is 1.59 bits per heavy atom. The van der Waals surface area contributed by atoms with Crippen LogP contribution in [-0.2, 0) is 22.1 Å². The molecule has 1 atom stereocenters. The Kier molecular flexibility index (Phi) is 8.45. The fraction of sp³-hybridized carbons (Fsp3) is 0.120. The fourth-order valence-electron chi connectivity index (χ4n) is 3.13. The number of hydrogen-bond acceptors (Lipinski definition) is 3. The molecule has 0 fully saturated rings. The van der Waals surface area contributed by atoms with Gasteiger partial charge < -0.3 is 9.84 Å². The fourth-order valence-corrected chi connectivity index (χ4v) is 3.64. The summed E-state index contributed by atoms with van der Waals surface area (Å²) in [4.78, 5) is 23.5. The van der Waals surface area contributed by atoms with Gasteiger partial charge in [-0.05, 0) is 35.9 Å². The number of carboxylic acid groups (broad SMARTS) is 1. The van der Waals surface area contributed by atoms with Crippen LogP contribution in [0.4, 0.5) is 22.0 Å². The number of carbonyl (C=O) groups excluding carboxylic acids is 1. The van der Waals surface area contributed by atoms with Crippen LogP contribution in [0.1, 0.15) is 16.7 Å². The van der Waals surface area contributed by atoms with Crippen LogP contribution in [0.5, 0.6) is 5.75 Å². The van der Waals surface area contributed by atoms with E-state index in [0.29, 0.717) is 29.3 Å². The minimum absolute atomic E-state index is 0.216. The first kappa shape index (κ1) is 27.9. The Balaban J connectivity index is 1.87. The molecule has 0 heterocycles. The standard InChI is InChI=1S/C25H16Cl2F5NO4/c26-19-7-4-8-20(27)17(19)14-37-16-10-11-18(21(28)13-16)24(29,30)25(31,23(35)36)33(32)22(34)12-9-15-5-2-1-3-6-15/h1-13H,14H2,(H,35,36)/t25-/m1/s1. The number of aliphatic carboxylic acids is 1. The van der Waals surface area contributed by atoms with Crippen molar-refractivity contribution in [2.24, 2.45) is 0 Å². The molecular weight excluding hydrogens is 544 g/mol. The number of halogens is 7. The van der Waals surface area contributed by atoms with E-state index in [-0.39, 0.29) is 22.4 Å². The lowest BCUT2D eigenvalue weighted by molar-refractivity contribution is -0.265. The second kappa shape index (κ2) is 11.2. The second-order valence-electron chi connectivity index (χ2n) is 7.50. The van der Waals surface area contributed by atoms with Crippen LogP contribution < -0.4 is 4.74 Å². The smallest absolute Gasteiger partial charge is 0.376 e. The average molecular weight is 560 g/mol. The minimum atomic E-state index is -5.38. The van der Waals surface area contributed by atoms with Crippen molar-refractivity contribution in [3.63, 3.8) is 0 Å². The summed E-state index contributed by atoms with van der Waals surface area (Å²) in [6.07, 6.45) is 1.31. The van der Waals surface area contributed by atoms with Gasteiger partial charge in [-0.25, -0.2) is 9.18 Å². The van der Waals surface area contributed by atoms with Gasteiger partial charge in [-0.3, -0.25) is 4.79 Å². The minimum Gasteiger partial charge on any atom is -0.489 e. The van der Waals surface area contributed by atoms with Crippen molar-refractivity contribution in [3.8, 4) is 5.75 Å². The molecule has 3 aromatic carbocycles. The molecule has 0 bridgehead atoms. The highest BCUT2D eigenvalue weighted by atomic mass is 35.5. The van der Waals surface area contributed by atoms with Gasteiger partial charge in [0, 0.05) is 27.8 Å². The monoisotopic (exact) mass is 559 g/mol. The quantitative estimate of drug-likeness (QED) is 0.133. The molecule has 0 aromatic heterocycles. The number of amides is 1.